The average molecular weight is 248 g/mol. The summed E-state index contributed by atoms with van der Waals surface area (Å²) in [4.78, 5) is 4.34. The van der Waals surface area contributed by atoms with Crippen molar-refractivity contribution < 1.29 is 4.74 Å². The van der Waals surface area contributed by atoms with Crippen LogP contribution in [-0.2, 0) is 5.54 Å². The van der Waals surface area contributed by atoms with Crippen LogP contribution in [0.5, 0.6) is 5.75 Å². The Morgan fingerprint density at radius 2 is 2.28 bits per heavy atom. The molecule has 1 aliphatic rings. The minimum atomic E-state index is 0.0819. The molecule has 0 amide bonds. The summed E-state index contributed by atoms with van der Waals surface area (Å²) in [5, 5.41) is 3.67. The van der Waals surface area contributed by atoms with E-state index in [0.717, 1.165) is 25.3 Å². The molecule has 0 spiro atoms. The molecule has 1 saturated heterocycles. The molecule has 1 fully saturated rings. The van der Waals surface area contributed by atoms with Crippen molar-refractivity contribution in [1.82, 2.24) is 10.3 Å². The molecule has 2 rings (SSSR count). The molecule has 0 aliphatic carbocycles. The average Bonchev–Trinajstić information content (AvgIpc) is 2.87. The topological polar surface area (TPSA) is 34.1 Å². The lowest BCUT2D eigenvalue weighted by atomic mass is 9.79. The van der Waals surface area contributed by atoms with Gasteiger partial charge in [0.1, 0.15) is 5.75 Å². The Morgan fingerprint density at radius 1 is 1.44 bits per heavy atom. The van der Waals surface area contributed by atoms with Crippen molar-refractivity contribution in [1.29, 1.82) is 0 Å². The third kappa shape index (κ3) is 2.51. The van der Waals surface area contributed by atoms with Crippen LogP contribution in [0.3, 0.4) is 0 Å². The van der Waals surface area contributed by atoms with Gasteiger partial charge < -0.3 is 10.1 Å². The Labute approximate surface area is 110 Å². The van der Waals surface area contributed by atoms with Crippen molar-refractivity contribution in [3.05, 3.63) is 24.0 Å². The Hall–Kier alpha value is -1.09. The van der Waals surface area contributed by atoms with E-state index in [2.05, 4.69) is 37.1 Å². The van der Waals surface area contributed by atoms with E-state index in [0.29, 0.717) is 5.92 Å². The zero-order valence-electron chi connectivity index (χ0n) is 11.7. The summed E-state index contributed by atoms with van der Waals surface area (Å²) in [5.41, 5.74) is 1.35. The fourth-order valence-corrected chi connectivity index (χ4v) is 2.80. The van der Waals surface area contributed by atoms with E-state index in [1.165, 1.54) is 18.4 Å². The summed E-state index contributed by atoms with van der Waals surface area (Å²) in [7, 11) is 0. The SMILES string of the molecule is CCCOc1cncc(C2(C(C)C)CCCN2)c1. The minimum absolute atomic E-state index is 0.0819. The summed E-state index contributed by atoms with van der Waals surface area (Å²) in [6, 6.07) is 2.15. The largest absolute Gasteiger partial charge is 0.492 e. The van der Waals surface area contributed by atoms with Gasteiger partial charge in [-0.1, -0.05) is 20.8 Å². The number of rotatable bonds is 5. The van der Waals surface area contributed by atoms with Crippen LogP contribution in [0.2, 0.25) is 0 Å². The van der Waals surface area contributed by atoms with Crippen molar-refractivity contribution in [2.75, 3.05) is 13.2 Å². The van der Waals surface area contributed by atoms with Gasteiger partial charge in [-0.15, -0.1) is 0 Å². The van der Waals surface area contributed by atoms with Crippen molar-refractivity contribution >= 4 is 0 Å². The Balaban J connectivity index is 2.25. The van der Waals surface area contributed by atoms with Crippen molar-refractivity contribution in [2.24, 2.45) is 5.92 Å². The summed E-state index contributed by atoms with van der Waals surface area (Å²) in [6.07, 6.45) is 7.23. The second-order valence-electron chi connectivity index (χ2n) is 5.41. The van der Waals surface area contributed by atoms with Gasteiger partial charge in [0, 0.05) is 11.7 Å². The second-order valence-corrected chi connectivity index (χ2v) is 5.41. The van der Waals surface area contributed by atoms with Gasteiger partial charge in [0.25, 0.3) is 0 Å². The lowest BCUT2D eigenvalue weighted by Gasteiger charge is -2.34. The molecule has 0 radical (unpaired) electrons. The molecule has 1 aromatic heterocycles. The number of pyridine rings is 1. The quantitative estimate of drug-likeness (QED) is 0.869. The summed E-state index contributed by atoms with van der Waals surface area (Å²) in [5.74, 6) is 1.45. The number of nitrogens with zero attached hydrogens (tertiary/aromatic N) is 1. The Kier molecular flexibility index (Phi) is 4.23. The van der Waals surface area contributed by atoms with E-state index in [1.807, 2.05) is 12.4 Å². The molecule has 2 heterocycles. The summed E-state index contributed by atoms with van der Waals surface area (Å²) >= 11 is 0. The Morgan fingerprint density at radius 3 is 2.89 bits per heavy atom. The van der Waals surface area contributed by atoms with Crippen LogP contribution in [0.25, 0.3) is 0 Å². The number of hydrogen-bond acceptors (Lipinski definition) is 3. The molecule has 100 valence electrons. The molecule has 1 aliphatic heterocycles. The van der Waals surface area contributed by atoms with Crippen molar-refractivity contribution in [2.45, 2.75) is 45.6 Å². The minimum Gasteiger partial charge on any atom is -0.492 e. The summed E-state index contributed by atoms with van der Waals surface area (Å²) in [6.45, 7) is 8.52. The lowest BCUT2D eigenvalue weighted by molar-refractivity contribution is 0.272. The molecule has 1 aromatic rings. The third-order valence-electron chi connectivity index (χ3n) is 3.88. The van der Waals surface area contributed by atoms with E-state index >= 15 is 0 Å². The maximum Gasteiger partial charge on any atom is 0.137 e. The van der Waals surface area contributed by atoms with Gasteiger partial charge in [-0.05, 0) is 43.4 Å². The van der Waals surface area contributed by atoms with E-state index in [-0.39, 0.29) is 5.54 Å². The van der Waals surface area contributed by atoms with E-state index in [4.69, 9.17) is 4.74 Å². The first-order chi connectivity index (χ1) is 8.69. The number of aromatic nitrogens is 1. The number of ether oxygens (including phenoxy) is 1. The first-order valence-corrected chi connectivity index (χ1v) is 7.02. The maximum absolute atomic E-state index is 5.69. The molecular formula is C15H24N2O. The molecule has 3 nitrogen and oxygen atoms in total. The molecule has 1 unspecified atom stereocenters. The van der Waals surface area contributed by atoms with E-state index in [1.54, 1.807) is 0 Å². The normalized spacial score (nSPS) is 23.6. The van der Waals surface area contributed by atoms with Crippen LogP contribution >= 0.6 is 0 Å². The molecule has 1 N–H and O–H groups in total. The highest BCUT2D eigenvalue weighted by molar-refractivity contribution is 5.31. The van der Waals surface area contributed by atoms with Crippen LogP contribution in [-0.4, -0.2) is 18.1 Å². The van der Waals surface area contributed by atoms with Crippen LogP contribution in [0.1, 0.15) is 45.6 Å². The van der Waals surface area contributed by atoms with Gasteiger partial charge in [-0.2, -0.15) is 0 Å². The van der Waals surface area contributed by atoms with Crippen LogP contribution < -0.4 is 10.1 Å². The van der Waals surface area contributed by atoms with Crippen molar-refractivity contribution in [3.63, 3.8) is 0 Å². The zero-order chi connectivity index (χ0) is 13.0. The van der Waals surface area contributed by atoms with Gasteiger partial charge in [0.15, 0.2) is 0 Å². The van der Waals surface area contributed by atoms with Gasteiger partial charge >= 0.3 is 0 Å². The molecule has 3 heteroatoms. The van der Waals surface area contributed by atoms with Crippen molar-refractivity contribution in [3.8, 4) is 5.75 Å². The van der Waals surface area contributed by atoms with Gasteiger partial charge in [-0.3, -0.25) is 4.98 Å². The second kappa shape index (κ2) is 5.70. The van der Waals surface area contributed by atoms with Crippen LogP contribution in [0, 0.1) is 5.92 Å². The fourth-order valence-electron chi connectivity index (χ4n) is 2.80. The molecule has 0 aromatic carbocycles. The Bertz CT molecular complexity index is 384. The highest BCUT2D eigenvalue weighted by Gasteiger charge is 2.38. The number of nitrogens with one attached hydrogen (secondary N) is 1. The maximum atomic E-state index is 5.69. The smallest absolute Gasteiger partial charge is 0.137 e. The van der Waals surface area contributed by atoms with Crippen LogP contribution in [0.15, 0.2) is 18.5 Å². The first-order valence-electron chi connectivity index (χ1n) is 7.02. The lowest BCUT2D eigenvalue weighted by Crippen LogP contribution is -2.41. The van der Waals surface area contributed by atoms with Crippen LogP contribution in [0.4, 0.5) is 0 Å². The predicted octanol–water partition coefficient (Wildman–Crippen LogP) is 3.11. The standard InChI is InChI=1S/C15H24N2O/c1-4-8-18-14-9-13(10-16-11-14)15(12(2)3)6-5-7-17-15/h9-12,17H,4-8H2,1-3H3. The summed E-state index contributed by atoms with van der Waals surface area (Å²) < 4.78 is 5.69. The van der Waals surface area contributed by atoms with Gasteiger partial charge in [0.05, 0.1) is 12.8 Å². The molecule has 0 bridgehead atoms. The van der Waals surface area contributed by atoms with E-state index in [9.17, 15) is 0 Å². The zero-order valence-corrected chi connectivity index (χ0v) is 11.7. The highest BCUT2D eigenvalue weighted by Crippen LogP contribution is 2.38. The number of hydrogen-bond donors (Lipinski definition) is 1. The predicted molar refractivity (Wildman–Crippen MR) is 73.8 cm³/mol. The van der Waals surface area contributed by atoms with Gasteiger partial charge in [0.2, 0.25) is 0 Å². The molecule has 0 saturated carbocycles. The molecule has 18 heavy (non-hydrogen) atoms. The third-order valence-corrected chi connectivity index (χ3v) is 3.88. The first kappa shape index (κ1) is 13.3. The van der Waals surface area contributed by atoms with E-state index < -0.39 is 0 Å². The molecular weight excluding hydrogens is 224 g/mol. The molecule has 1 atom stereocenters. The fraction of sp³-hybridized carbons (Fsp3) is 0.667. The highest BCUT2D eigenvalue weighted by atomic mass is 16.5. The van der Waals surface area contributed by atoms with Gasteiger partial charge in [-0.25, -0.2) is 0 Å². The monoisotopic (exact) mass is 248 g/mol.